The van der Waals surface area contributed by atoms with E-state index in [2.05, 4.69) is 0 Å². The highest BCUT2D eigenvalue weighted by Crippen LogP contribution is 2.56. The molecule has 11 heavy (non-hydrogen) atoms. The maximum absolute atomic E-state index is 11.3. The Kier molecular flexibility index (Phi) is 6.91. The summed E-state index contributed by atoms with van der Waals surface area (Å²) in [6, 6.07) is 0. The van der Waals surface area contributed by atoms with Crippen molar-refractivity contribution in [1.29, 1.82) is 0 Å². The van der Waals surface area contributed by atoms with Gasteiger partial charge in [-0.05, 0) is 12.8 Å². The molecule has 0 saturated heterocycles. The molecule has 0 aliphatic heterocycles. The van der Waals surface area contributed by atoms with Crippen LogP contribution in [0, 0.1) is 0 Å². The standard InChI is InChI=1S/C6H14IO3P/c1-3-5-9-11(7,8)10-6-4-2/h3-6H2,1-2H3. The van der Waals surface area contributed by atoms with Gasteiger partial charge in [-0.3, -0.25) is 0 Å². The molecule has 0 amide bonds. The van der Waals surface area contributed by atoms with Crippen LogP contribution in [0.5, 0.6) is 0 Å². The predicted molar refractivity (Wildman–Crippen MR) is 54.1 cm³/mol. The maximum Gasteiger partial charge on any atom is 0.388 e. The minimum atomic E-state index is -2.76. The van der Waals surface area contributed by atoms with Gasteiger partial charge in [0.05, 0.1) is 35.3 Å². The fourth-order valence-electron chi connectivity index (χ4n) is 0.438. The summed E-state index contributed by atoms with van der Waals surface area (Å²) in [7, 11) is 0. The molecule has 0 saturated carbocycles. The Hall–Kier alpha value is 0.880. The van der Waals surface area contributed by atoms with Gasteiger partial charge in [-0.1, -0.05) is 13.8 Å². The van der Waals surface area contributed by atoms with Crippen LogP contribution in [0.15, 0.2) is 0 Å². The summed E-state index contributed by atoms with van der Waals surface area (Å²) in [4.78, 5) is 0. The van der Waals surface area contributed by atoms with Gasteiger partial charge in [-0.15, -0.1) is 0 Å². The highest BCUT2D eigenvalue weighted by atomic mass is 127. The third kappa shape index (κ3) is 7.25. The van der Waals surface area contributed by atoms with E-state index in [0.717, 1.165) is 12.8 Å². The molecule has 0 aromatic rings. The van der Waals surface area contributed by atoms with E-state index >= 15 is 0 Å². The fraction of sp³-hybridized carbons (Fsp3) is 1.00. The molecule has 0 aliphatic carbocycles. The topological polar surface area (TPSA) is 35.5 Å². The minimum Gasteiger partial charge on any atom is -0.301 e. The van der Waals surface area contributed by atoms with Crippen LogP contribution in [-0.2, 0) is 13.6 Å². The van der Waals surface area contributed by atoms with Gasteiger partial charge >= 0.3 is 5.24 Å². The predicted octanol–water partition coefficient (Wildman–Crippen LogP) is 3.38. The first-order chi connectivity index (χ1) is 5.12. The van der Waals surface area contributed by atoms with Crippen molar-refractivity contribution >= 4 is 27.3 Å². The summed E-state index contributed by atoms with van der Waals surface area (Å²) < 4.78 is 21.3. The van der Waals surface area contributed by atoms with Crippen LogP contribution in [0.25, 0.3) is 0 Å². The largest absolute Gasteiger partial charge is 0.388 e. The highest BCUT2D eigenvalue weighted by molar-refractivity contribution is 14.2. The van der Waals surface area contributed by atoms with Crippen molar-refractivity contribution in [3.05, 3.63) is 0 Å². The van der Waals surface area contributed by atoms with Crippen LogP contribution in [0.1, 0.15) is 26.7 Å². The van der Waals surface area contributed by atoms with Crippen molar-refractivity contribution in [2.45, 2.75) is 26.7 Å². The second-order valence-corrected chi connectivity index (χ2v) is 7.02. The molecule has 5 heteroatoms. The van der Waals surface area contributed by atoms with E-state index in [1.54, 1.807) is 22.0 Å². The first kappa shape index (κ1) is 11.9. The van der Waals surface area contributed by atoms with E-state index in [9.17, 15) is 4.57 Å². The van der Waals surface area contributed by atoms with Gasteiger partial charge in [0.15, 0.2) is 0 Å². The third-order valence-electron chi connectivity index (χ3n) is 0.899. The molecule has 0 aromatic heterocycles. The highest BCUT2D eigenvalue weighted by Gasteiger charge is 2.17. The lowest BCUT2D eigenvalue weighted by Gasteiger charge is -2.10. The van der Waals surface area contributed by atoms with Crippen molar-refractivity contribution < 1.29 is 13.6 Å². The third-order valence-corrected chi connectivity index (χ3v) is 3.55. The van der Waals surface area contributed by atoms with Crippen molar-refractivity contribution in [2.75, 3.05) is 13.2 Å². The van der Waals surface area contributed by atoms with Crippen LogP contribution in [0.3, 0.4) is 0 Å². The van der Waals surface area contributed by atoms with Crippen molar-refractivity contribution in [3.8, 4) is 0 Å². The normalized spacial score (nSPS) is 11.9. The Labute approximate surface area is 80.9 Å². The molecular formula is C6H14IO3P. The number of hydrogen-bond donors (Lipinski definition) is 0. The molecule has 0 fully saturated rings. The maximum atomic E-state index is 11.3. The second kappa shape index (κ2) is 6.40. The number of rotatable bonds is 6. The van der Waals surface area contributed by atoms with Crippen molar-refractivity contribution in [3.63, 3.8) is 0 Å². The average molecular weight is 292 g/mol. The number of halogens is 1. The Morgan fingerprint density at radius 2 is 1.55 bits per heavy atom. The van der Waals surface area contributed by atoms with Gasteiger partial charge in [0.25, 0.3) is 0 Å². The Bertz CT molecular complexity index is 128. The molecule has 0 atom stereocenters. The van der Waals surface area contributed by atoms with Gasteiger partial charge in [0, 0.05) is 0 Å². The monoisotopic (exact) mass is 292 g/mol. The molecule has 0 rings (SSSR count). The van der Waals surface area contributed by atoms with Crippen molar-refractivity contribution in [2.24, 2.45) is 0 Å². The Balaban J connectivity index is 3.53. The molecule has 0 unspecified atom stereocenters. The SMILES string of the molecule is CCCOP(=O)(I)OCCC. The zero-order valence-electron chi connectivity index (χ0n) is 6.88. The molecule has 0 aromatic carbocycles. The second-order valence-electron chi connectivity index (χ2n) is 2.10. The van der Waals surface area contributed by atoms with E-state index in [-0.39, 0.29) is 0 Å². The summed E-state index contributed by atoms with van der Waals surface area (Å²) in [6.45, 7) is 4.95. The molecular weight excluding hydrogens is 278 g/mol. The lowest BCUT2D eigenvalue weighted by atomic mass is 10.5. The first-order valence-electron chi connectivity index (χ1n) is 3.71. The van der Waals surface area contributed by atoms with Gasteiger partial charge in [-0.25, -0.2) is 4.57 Å². The zero-order chi connectivity index (χ0) is 8.74. The molecule has 0 spiro atoms. The van der Waals surface area contributed by atoms with Crippen molar-refractivity contribution in [1.82, 2.24) is 0 Å². The van der Waals surface area contributed by atoms with Gasteiger partial charge in [0.2, 0.25) is 0 Å². The van der Waals surface area contributed by atoms with Crippen LogP contribution in [0.2, 0.25) is 0 Å². The molecule has 0 N–H and O–H groups in total. The van der Waals surface area contributed by atoms with Gasteiger partial charge in [0.1, 0.15) is 0 Å². The smallest absolute Gasteiger partial charge is 0.301 e. The molecule has 0 heterocycles. The molecule has 0 bridgehead atoms. The molecule has 0 aliphatic rings. The first-order valence-corrected chi connectivity index (χ1v) is 8.04. The van der Waals surface area contributed by atoms with E-state index in [1.807, 2.05) is 13.8 Å². The summed E-state index contributed by atoms with van der Waals surface area (Å²) in [5.74, 6) is 0. The lowest BCUT2D eigenvalue weighted by molar-refractivity contribution is 0.223. The van der Waals surface area contributed by atoms with E-state index in [4.69, 9.17) is 9.05 Å². The van der Waals surface area contributed by atoms with Gasteiger partial charge in [-0.2, -0.15) is 0 Å². The summed E-state index contributed by atoms with van der Waals surface area (Å²) in [5, 5.41) is -2.76. The summed E-state index contributed by atoms with van der Waals surface area (Å²) >= 11 is 1.73. The molecule has 68 valence electrons. The van der Waals surface area contributed by atoms with E-state index in [1.165, 1.54) is 0 Å². The fourth-order valence-corrected chi connectivity index (χ4v) is 2.50. The summed E-state index contributed by atoms with van der Waals surface area (Å²) in [5.41, 5.74) is 0. The molecule has 3 nitrogen and oxygen atoms in total. The minimum absolute atomic E-state index is 0.504. The van der Waals surface area contributed by atoms with Crippen LogP contribution < -0.4 is 0 Å². The molecule has 0 radical (unpaired) electrons. The van der Waals surface area contributed by atoms with Crippen LogP contribution in [0.4, 0.5) is 0 Å². The summed E-state index contributed by atoms with van der Waals surface area (Å²) in [6.07, 6.45) is 1.73. The lowest BCUT2D eigenvalue weighted by Crippen LogP contribution is -1.92. The van der Waals surface area contributed by atoms with Crippen LogP contribution >= 0.6 is 27.3 Å². The Morgan fingerprint density at radius 1 is 1.18 bits per heavy atom. The van der Waals surface area contributed by atoms with E-state index in [0.29, 0.717) is 13.2 Å². The quantitative estimate of drug-likeness (QED) is 0.556. The van der Waals surface area contributed by atoms with Gasteiger partial charge < -0.3 is 9.05 Å². The Morgan fingerprint density at radius 3 is 1.82 bits per heavy atom. The number of hydrogen-bond acceptors (Lipinski definition) is 3. The van der Waals surface area contributed by atoms with Crippen LogP contribution in [-0.4, -0.2) is 13.2 Å². The average Bonchev–Trinajstić information content (AvgIpc) is 1.97. The zero-order valence-corrected chi connectivity index (χ0v) is 9.93. The van der Waals surface area contributed by atoms with E-state index < -0.39 is 5.24 Å².